The molecule has 0 saturated heterocycles. The first-order valence-electron chi connectivity index (χ1n) is 9.78. The maximum Gasteiger partial charge on any atom is 0.185 e. The van der Waals surface area contributed by atoms with Crippen molar-refractivity contribution in [1.29, 1.82) is 0 Å². The third-order valence-electron chi connectivity index (χ3n) is 5.36. The molecule has 2 nitrogen and oxygen atoms in total. The van der Waals surface area contributed by atoms with Crippen molar-refractivity contribution in [3.8, 4) is 5.75 Å². The molecule has 3 heteroatoms. The van der Waals surface area contributed by atoms with Crippen molar-refractivity contribution >= 4 is 27.3 Å². The number of aromatic hydroxyl groups is 1. The van der Waals surface area contributed by atoms with E-state index < -0.39 is 5.41 Å². The van der Waals surface area contributed by atoms with Crippen LogP contribution in [0.1, 0.15) is 27.9 Å². The van der Waals surface area contributed by atoms with E-state index in [4.69, 9.17) is 0 Å². The average Bonchev–Trinajstić information content (AvgIpc) is 2.79. The van der Waals surface area contributed by atoms with Gasteiger partial charge in [-0.2, -0.15) is 0 Å². The minimum absolute atomic E-state index is 0.0271. The van der Waals surface area contributed by atoms with Gasteiger partial charge in [-0.15, -0.1) is 0 Å². The number of allylic oxidation sites excluding steroid dienone is 6. The summed E-state index contributed by atoms with van der Waals surface area (Å²) in [4.78, 5) is 12.7. The summed E-state index contributed by atoms with van der Waals surface area (Å²) in [5, 5.41) is 9.76. The highest BCUT2D eigenvalue weighted by Crippen LogP contribution is 2.41. The lowest BCUT2D eigenvalue weighted by molar-refractivity contribution is 0.104. The molecule has 0 radical (unpaired) electrons. The Kier molecular flexibility index (Phi) is 5.82. The summed E-state index contributed by atoms with van der Waals surface area (Å²) < 4.78 is 1.03. The Bertz CT molecular complexity index is 1140. The smallest absolute Gasteiger partial charge is 0.185 e. The minimum Gasteiger partial charge on any atom is -0.508 e. The number of benzene rings is 3. The highest BCUT2D eigenvalue weighted by Gasteiger charge is 2.30. The molecule has 3 aromatic rings. The third-order valence-corrected chi connectivity index (χ3v) is 5.86. The molecule has 0 amide bonds. The number of carbonyl (C=O) groups excluding carboxylic acids is 1. The van der Waals surface area contributed by atoms with E-state index in [1.165, 1.54) is 5.57 Å². The van der Waals surface area contributed by atoms with Crippen molar-refractivity contribution < 1.29 is 9.90 Å². The molecule has 30 heavy (non-hydrogen) atoms. The number of phenols is 1. The summed E-state index contributed by atoms with van der Waals surface area (Å²) in [6.45, 7) is 0. The van der Waals surface area contributed by atoms with E-state index >= 15 is 0 Å². The molecule has 0 aromatic heterocycles. The monoisotopic (exact) mass is 456 g/mol. The van der Waals surface area contributed by atoms with E-state index in [1.807, 2.05) is 66.7 Å². The van der Waals surface area contributed by atoms with E-state index in [2.05, 4.69) is 40.2 Å². The van der Waals surface area contributed by atoms with Crippen molar-refractivity contribution in [1.82, 2.24) is 0 Å². The van der Waals surface area contributed by atoms with Crippen LogP contribution in [0.5, 0.6) is 5.75 Å². The fourth-order valence-electron chi connectivity index (χ4n) is 3.76. The first-order valence-corrected chi connectivity index (χ1v) is 10.6. The molecule has 0 bridgehead atoms. The van der Waals surface area contributed by atoms with Crippen LogP contribution in [0.25, 0.3) is 5.57 Å². The van der Waals surface area contributed by atoms with Gasteiger partial charge in [-0.3, -0.25) is 4.79 Å². The van der Waals surface area contributed by atoms with Gasteiger partial charge in [-0.05, 0) is 53.5 Å². The van der Waals surface area contributed by atoms with E-state index in [-0.39, 0.29) is 11.5 Å². The number of ketones is 1. The molecule has 1 unspecified atom stereocenters. The predicted octanol–water partition coefficient (Wildman–Crippen LogP) is 6.88. The molecule has 3 aromatic carbocycles. The lowest BCUT2D eigenvalue weighted by atomic mass is 9.71. The number of hydrogen-bond acceptors (Lipinski definition) is 2. The summed E-state index contributed by atoms with van der Waals surface area (Å²) in [6.07, 6.45) is 10.6. The first-order chi connectivity index (χ1) is 14.6. The first kappa shape index (κ1) is 20.1. The SMILES string of the molecule is O=C(C=CC1(c2ccc(O)cc2)C=CC=C(c2cccc(Br)c2)C1)c1ccccc1. The summed E-state index contributed by atoms with van der Waals surface area (Å²) >= 11 is 3.55. The Morgan fingerprint density at radius 1 is 0.967 bits per heavy atom. The largest absolute Gasteiger partial charge is 0.508 e. The van der Waals surface area contributed by atoms with Crippen LogP contribution in [0.2, 0.25) is 0 Å². The van der Waals surface area contributed by atoms with E-state index in [0.29, 0.717) is 12.0 Å². The van der Waals surface area contributed by atoms with Crippen LogP contribution in [0.3, 0.4) is 0 Å². The number of halogens is 1. The van der Waals surface area contributed by atoms with Crippen molar-refractivity contribution in [2.75, 3.05) is 0 Å². The summed E-state index contributed by atoms with van der Waals surface area (Å²) in [6, 6.07) is 24.7. The molecular formula is C27H21BrO2. The molecule has 1 aliphatic carbocycles. The van der Waals surface area contributed by atoms with Crippen LogP contribution >= 0.6 is 15.9 Å². The van der Waals surface area contributed by atoms with Crippen LogP contribution < -0.4 is 0 Å². The zero-order valence-electron chi connectivity index (χ0n) is 16.3. The van der Waals surface area contributed by atoms with Gasteiger partial charge < -0.3 is 5.11 Å². The minimum atomic E-state index is -0.482. The lowest BCUT2D eigenvalue weighted by Crippen LogP contribution is -2.23. The highest BCUT2D eigenvalue weighted by molar-refractivity contribution is 9.10. The molecular weight excluding hydrogens is 436 g/mol. The Hall–Kier alpha value is -3.17. The van der Waals surface area contributed by atoms with Crippen molar-refractivity contribution in [2.24, 2.45) is 0 Å². The zero-order valence-corrected chi connectivity index (χ0v) is 17.9. The fourth-order valence-corrected chi connectivity index (χ4v) is 4.16. The van der Waals surface area contributed by atoms with Crippen molar-refractivity contribution in [2.45, 2.75) is 11.8 Å². The standard InChI is InChI=1S/C27H21BrO2/c28-24-10-4-8-21(18-24)22-9-5-16-27(19-22,23-11-13-25(29)14-12-23)17-15-26(30)20-6-2-1-3-7-20/h1-18,29H,19H2. The van der Waals surface area contributed by atoms with Gasteiger partial charge in [0.15, 0.2) is 5.78 Å². The van der Waals surface area contributed by atoms with E-state index in [9.17, 15) is 9.90 Å². The quantitative estimate of drug-likeness (QED) is 0.335. The summed E-state index contributed by atoms with van der Waals surface area (Å²) in [5.41, 5.74) is 3.53. The molecule has 0 spiro atoms. The molecule has 4 rings (SSSR count). The van der Waals surface area contributed by atoms with Gasteiger partial charge in [0.05, 0.1) is 0 Å². The highest BCUT2D eigenvalue weighted by atomic mass is 79.9. The number of hydrogen-bond donors (Lipinski definition) is 1. The normalized spacial score (nSPS) is 18.4. The van der Waals surface area contributed by atoms with Gasteiger partial charge in [-0.1, -0.05) is 94.8 Å². The fraction of sp³-hybridized carbons (Fsp3) is 0.0741. The molecule has 1 N–H and O–H groups in total. The third kappa shape index (κ3) is 4.37. The van der Waals surface area contributed by atoms with Crippen LogP contribution in [0.4, 0.5) is 0 Å². The van der Waals surface area contributed by atoms with E-state index in [1.54, 1.807) is 18.2 Å². The van der Waals surface area contributed by atoms with Gasteiger partial charge >= 0.3 is 0 Å². The van der Waals surface area contributed by atoms with Gasteiger partial charge in [0.1, 0.15) is 5.75 Å². The maximum atomic E-state index is 12.7. The van der Waals surface area contributed by atoms with Gasteiger partial charge in [0.2, 0.25) is 0 Å². The number of rotatable bonds is 5. The molecule has 0 fully saturated rings. The second-order valence-electron chi connectivity index (χ2n) is 7.39. The molecule has 0 aliphatic heterocycles. The average molecular weight is 457 g/mol. The topological polar surface area (TPSA) is 37.3 Å². The lowest BCUT2D eigenvalue weighted by Gasteiger charge is -2.32. The maximum absolute atomic E-state index is 12.7. The number of carbonyl (C=O) groups is 1. The second kappa shape index (κ2) is 8.68. The molecule has 1 atom stereocenters. The van der Waals surface area contributed by atoms with Crippen LogP contribution in [-0.2, 0) is 5.41 Å². The number of phenolic OH excluding ortho intramolecular Hbond substituents is 1. The second-order valence-corrected chi connectivity index (χ2v) is 8.30. The molecule has 0 saturated carbocycles. The van der Waals surface area contributed by atoms with Crippen molar-refractivity contribution in [3.05, 3.63) is 130 Å². The summed E-state index contributed by atoms with van der Waals surface area (Å²) in [7, 11) is 0. The van der Waals surface area contributed by atoms with Crippen molar-refractivity contribution in [3.63, 3.8) is 0 Å². The Morgan fingerprint density at radius 3 is 2.47 bits per heavy atom. The van der Waals surface area contributed by atoms with E-state index in [0.717, 1.165) is 15.6 Å². The van der Waals surface area contributed by atoms with Gasteiger partial charge in [0, 0.05) is 15.5 Å². The molecule has 1 aliphatic rings. The van der Waals surface area contributed by atoms with Crippen LogP contribution in [-0.4, -0.2) is 10.9 Å². The van der Waals surface area contributed by atoms with Crippen LogP contribution in [0.15, 0.2) is 114 Å². The zero-order chi connectivity index (χ0) is 21.0. The Morgan fingerprint density at radius 2 is 1.73 bits per heavy atom. The van der Waals surface area contributed by atoms with Gasteiger partial charge in [0.25, 0.3) is 0 Å². The Balaban J connectivity index is 1.73. The Labute approximate surface area is 185 Å². The predicted molar refractivity (Wildman–Crippen MR) is 126 cm³/mol. The summed E-state index contributed by atoms with van der Waals surface area (Å²) in [5.74, 6) is 0.196. The molecule has 148 valence electrons. The van der Waals surface area contributed by atoms with Gasteiger partial charge in [-0.25, -0.2) is 0 Å². The van der Waals surface area contributed by atoms with Crippen LogP contribution in [0, 0.1) is 0 Å². The molecule has 0 heterocycles.